The Morgan fingerprint density at radius 2 is 1.91 bits per heavy atom. The van der Waals surface area contributed by atoms with E-state index >= 15 is 4.39 Å². The topological polar surface area (TPSA) is 113 Å². The molecule has 6 rings (SSSR count). The van der Waals surface area contributed by atoms with E-state index in [1.807, 2.05) is 38.7 Å². The number of carbonyl (C=O) groups excluding carboxylic acids is 2. The summed E-state index contributed by atoms with van der Waals surface area (Å²) in [5.41, 5.74) is 2.02. The van der Waals surface area contributed by atoms with E-state index in [2.05, 4.69) is 21.9 Å². The SMILES string of the molecule is C=CC(=O)N1CCN(c2nc(=O)n(-c3c(C)ccnc3C(C)C)c3nc(-c4cc(C(=O)NC5CC5)ccc4F)c(Cl)cc23)[C@@H](C)C1. The maximum Gasteiger partial charge on any atom is 0.355 e. The number of anilines is 1. The van der Waals surface area contributed by atoms with E-state index < -0.39 is 11.5 Å². The summed E-state index contributed by atoms with van der Waals surface area (Å²) in [5, 5.41) is 3.53. The second-order valence-electron chi connectivity index (χ2n) is 12.2. The molecule has 4 aromatic rings. The first-order valence-corrected chi connectivity index (χ1v) is 15.7. The molecule has 12 heteroatoms. The van der Waals surface area contributed by atoms with Gasteiger partial charge in [0.2, 0.25) is 5.91 Å². The zero-order valence-corrected chi connectivity index (χ0v) is 26.9. The van der Waals surface area contributed by atoms with E-state index in [9.17, 15) is 14.4 Å². The van der Waals surface area contributed by atoms with Gasteiger partial charge in [-0.2, -0.15) is 4.98 Å². The lowest BCUT2D eigenvalue weighted by Crippen LogP contribution is -2.54. The number of amides is 2. The van der Waals surface area contributed by atoms with E-state index in [1.54, 1.807) is 17.2 Å². The van der Waals surface area contributed by atoms with Crippen molar-refractivity contribution in [2.45, 2.75) is 58.5 Å². The molecule has 10 nitrogen and oxygen atoms in total. The van der Waals surface area contributed by atoms with Gasteiger partial charge in [-0.1, -0.05) is 32.0 Å². The fraction of sp³-hybridized carbons (Fsp3) is 0.353. The van der Waals surface area contributed by atoms with E-state index in [4.69, 9.17) is 16.6 Å². The summed E-state index contributed by atoms with van der Waals surface area (Å²) in [7, 11) is 0. The molecule has 1 aliphatic heterocycles. The molecule has 1 saturated carbocycles. The number of aryl methyl sites for hydroxylation is 1. The monoisotopic (exact) mass is 643 g/mol. The predicted octanol–water partition coefficient (Wildman–Crippen LogP) is 5.18. The fourth-order valence-corrected chi connectivity index (χ4v) is 6.20. The number of carbonyl (C=O) groups is 2. The third kappa shape index (κ3) is 5.75. The van der Waals surface area contributed by atoms with Crippen molar-refractivity contribution in [2.75, 3.05) is 24.5 Å². The molecule has 1 atom stereocenters. The van der Waals surface area contributed by atoms with Crippen molar-refractivity contribution in [1.82, 2.24) is 29.7 Å². The number of piperazine rings is 1. The quantitative estimate of drug-likeness (QED) is 0.276. The molecule has 1 N–H and O–H groups in total. The Morgan fingerprint density at radius 1 is 1.15 bits per heavy atom. The molecular formula is C34H35ClFN7O3. The molecule has 0 bridgehead atoms. The third-order valence-electron chi connectivity index (χ3n) is 8.51. The minimum Gasteiger partial charge on any atom is -0.350 e. The second kappa shape index (κ2) is 12.3. The Hall–Kier alpha value is -4.64. The van der Waals surface area contributed by atoms with Crippen molar-refractivity contribution in [2.24, 2.45) is 0 Å². The maximum atomic E-state index is 15.5. The smallest absolute Gasteiger partial charge is 0.350 e. The van der Waals surface area contributed by atoms with Gasteiger partial charge >= 0.3 is 5.69 Å². The Kier molecular flexibility index (Phi) is 8.37. The number of hydrogen-bond acceptors (Lipinski definition) is 7. The Bertz CT molecular complexity index is 1960. The first-order valence-electron chi connectivity index (χ1n) is 15.4. The first kappa shape index (κ1) is 31.3. The minimum atomic E-state index is -0.614. The molecule has 1 aliphatic carbocycles. The van der Waals surface area contributed by atoms with Crippen molar-refractivity contribution in [1.29, 1.82) is 0 Å². The van der Waals surface area contributed by atoms with Gasteiger partial charge in [0, 0.05) is 49.0 Å². The zero-order valence-electron chi connectivity index (χ0n) is 26.2. The molecular weight excluding hydrogens is 609 g/mol. The third-order valence-corrected chi connectivity index (χ3v) is 8.80. The summed E-state index contributed by atoms with van der Waals surface area (Å²) >= 11 is 6.88. The van der Waals surface area contributed by atoms with Crippen LogP contribution in [-0.4, -0.2) is 68.0 Å². The highest BCUT2D eigenvalue weighted by molar-refractivity contribution is 6.34. The molecule has 1 aromatic carbocycles. The molecule has 46 heavy (non-hydrogen) atoms. The van der Waals surface area contributed by atoms with Gasteiger partial charge in [0.1, 0.15) is 11.6 Å². The number of nitrogens with zero attached hydrogens (tertiary/aromatic N) is 6. The van der Waals surface area contributed by atoms with Gasteiger partial charge in [-0.05, 0) is 74.6 Å². The number of aromatic nitrogens is 4. The van der Waals surface area contributed by atoms with Crippen LogP contribution in [0.2, 0.25) is 5.02 Å². The molecule has 1 saturated heterocycles. The van der Waals surface area contributed by atoms with Crippen LogP contribution in [-0.2, 0) is 4.79 Å². The molecule has 238 valence electrons. The van der Waals surface area contributed by atoms with Crippen LogP contribution in [0.3, 0.4) is 0 Å². The lowest BCUT2D eigenvalue weighted by Gasteiger charge is -2.40. The molecule has 0 unspecified atom stereocenters. The highest BCUT2D eigenvalue weighted by Gasteiger charge is 2.31. The number of pyridine rings is 2. The van der Waals surface area contributed by atoms with Crippen molar-refractivity contribution in [3.63, 3.8) is 0 Å². The van der Waals surface area contributed by atoms with E-state index in [-0.39, 0.29) is 57.3 Å². The summed E-state index contributed by atoms with van der Waals surface area (Å²) in [6, 6.07) is 7.46. The van der Waals surface area contributed by atoms with Crippen molar-refractivity contribution < 1.29 is 14.0 Å². The summed E-state index contributed by atoms with van der Waals surface area (Å²) in [6.45, 7) is 12.6. The highest BCUT2D eigenvalue weighted by atomic mass is 35.5. The normalized spacial score (nSPS) is 16.6. The van der Waals surface area contributed by atoms with Gasteiger partial charge in [-0.15, -0.1) is 0 Å². The van der Waals surface area contributed by atoms with Gasteiger partial charge in [0.15, 0.2) is 5.65 Å². The molecule has 3 aromatic heterocycles. The van der Waals surface area contributed by atoms with E-state index in [1.165, 1.54) is 28.8 Å². The largest absolute Gasteiger partial charge is 0.355 e. The van der Waals surface area contributed by atoms with Crippen LogP contribution >= 0.6 is 11.6 Å². The highest BCUT2D eigenvalue weighted by Crippen LogP contribution is 2.36. The molecule has 0 spiro atoms. The van der Waals surface area contributed by atoms with E-state index in [0.717, 1.165) is 18.4 Å². The molecule has 2 aliphatic rings. The standard InChI is InChI=1S/C34H35ClFN7O3/c1-6-27(44)41-13-14-42(20(5)17-41)31-24-16-25(35)29(23-15-21(7-10-26(23)36)33(45)38-22-8-9-22)39-32(24)43(34(46)40-31)30-19(4)11-12-37-28(30)18(2)3/h6-7,10-12,15-16,18,20,22H,1,8-9,13-14,17H2,2-5H3,(H,38,45)/t20-/m0/s1. The van der Waals surface area contributed by atoms with Crippen LogP contribution in [0, 0.1) is 12.7 Å². The molecule has 0 radical (unpaired) electrons. The zero-order chi connectivity index (χ0) is 32.9. The maximum absolute atomic E-state index is 15.5. The average Bonchev–Trinajstić information content (AvgIpc) is 3.85. The van der Waals surface area contributed by atoms with Crippen LogP contribution < -0.4 is 15.9 Å². The van der Waals surface area contributed by atoms with Crippen LogP contribution in [0.15, 0.2) is 54.0 Å². The number of halogens is 2. The van der Waals surface area contributed by atoms with Crippen molar-refractivity contribution >= 4 is 40.3 Å². The fourth-order valence-electron chi connectivity index (χ4n) is 5.95. The lowest BCUT2D eigenvalue weighted by molar-refractivity contribution is -0.126. The van der Waals surface area contributed by atoms with Gasteiger partial charge in [-0.3, -0.25) is 14.6 Å². The predicted molar refractivity (Wildman–Crippen MR) is 176 cm³/mol. The van der Waals surface area contributed by atoms with Crippen LogP contribution in [0.5, 0.6) is 0 Å². The number of benzene rings is 1. The van der Waals surface area contributed by atoms with Crippen molar-refractivity contribution in [3.8, 4) is 16.9 Å². The summed E-state index contributed by atoms with van der Waals surface area (Å²) in [5.74, 6) is -0.770. The number of nitrogens with one attached hydrogen (secondary N) is 1. The van der Waals surface area contributed by atoms with Crippen LogP contribution in [0.1, 0.15) is 61.1 Å². The molecule has 4 heterocycles. The second-order valence-corrected chi connectivity index (χ2v) is 12.6. The number of fused-ring (bicyclic) bond motifs is 1. The van der Waals surface area contributed by atoms with Gasteiger partial charge in [0.05, 0.1) is 27.5 Å². The summed E-state index contributed by atoms with van der Waals surface area (Å²) in [6.07, 6.45) is 4.80. The summed E-state index contributed by atoms with van der Waals surface area (Å²) < 4.78 is 16.9. The number of hydrogen-bond donors (Lipinski definition) is 1. The Morgan fingerprint density at radius 3 is 2.59 bits per heavy atom. The molecule has 2 fully saturated rings. The minimum absolute atomic E-state index is 0.0321. The van der Waals surface area contributed by atoms with Crippen LogP contribution in [0.4, 0.5) is 10.2 Å². The first-order chi connectivity index (χ1) is 22.0. The summed E-state index contributed by atoms with van der Waals surface area (Å²) in [4.78, 5) is 57.0. The Balaban J connectivity index is 1.59. The molecule has 2 amide bonds. The average molecular weight is 644 g/mol. The van der Waals surface area contributed by atoms with E-state index in [0.29, 0.717) is 42.2 Å². The Labute approximate surface area is 270 Å². The van der Waals surface area contributed by atoms with Crippen molar-refractivity contribution in [3.05, 3.63) is 87.3 Å². The number of rotatable bonds is 7. The van der Waals surface area contributed by atoms with Gasteiger partial charge < -0.3 is 15.1 Å². The lowest BCUT2D eigenvalue weighted by atomic mass is 10.0. The van der Waals surface area contributed by atoms with Gasteiger partial charge in [0.25, 0.3) is 5.91 Å². The van der Waals surface area contributed by atoms with Crippen LogP contribution in [0.25, 0.3) is 28.0 Å². The van der Waals surface area contributed by atoms with Gasteiger partial charge in [-0.25, -0.2) is 18.7 Å².